The lowest BCUT2D eigenvalue weighted by Gasteiger charge is -2.10. The number of nitrogens with zero attached hydrogens (tertiary/aromatic N) is 1. The Morgan fingerprint density at radius 1 is 0.900 bits per heavy atom. The molecule has 0 aliphatic heterocycles. The van der Waals surface area contributed by atoms with E-state index in [0.29, 0.717) is 0 Å². The number of benzene rings is 1. The summed E-state index contributed by atoms with van der Waals surface area (Å²) in [5, 5.41) is 0. The van der Waals surface area contributed by atoms with Crippen molar-refractivity contribution in [3.8, 4) is 0 Å². The second kappa shape index (κ2) is 5.08. The van der Waals surface area contributed by atoms with E-state index in [2.05, 4.69) is 4.98 Å². The summed E-state index contributed by atoms with van der Waals surface area (Å²) in [6, 6.07) is 6.55. The first-order chi connectivity index (χ1) is 9.33. The molecule has 0 amide bonds. The highest BCUT2D eigenvalue weighted by molar-refractivity contribution is 7.92. The zero-order chi connectivity index (χ0) is 14.9. The average Bonchev–Trinajstić information content (AvgIpc) is 2.42. The Labute approximate surface area is 111 Å². The fourth-order valence-electron chi connectivity index (χ4n) is 1.37. The van der Waals surface area contributed by atoms with Crippen molar-refractivity contribution in [2.45, 2.75) is 4.90 Å². The Balaban J connectivity index is 2.51. The molecule has 0 saturated carbocycles. The summed E-state index contributed by atoms with van der Waals surface area (Å²) < 4.78 is 77.5. The topological polar surface area (TPSA) is 59.1 Å². The first-order valence-electron chi connectivity index (χ1n) is 5.11. The Kier molecular flexibility index (Phi) is 3.62. The van der Waals surface area contributed by atoms with Crippen LogP contribution in [0.5, 0.6) is 0 Å². The molecule has 0 bridgehead atoms. The molecule has 1 aromatic heterocycles. The number of hydrogen-bond donors (Lipinski definition) is 1. The van der Waals surface area contributed by atoms with Crippen molar-refractivity contribution in [3.05, 3.63) is 53.9 Å². The first kappa shape index (κ1) is 14.3. The lowest BCUT2D eigenvalue weighted by Crippen LogP contribution is -2.17. The quantitative estimate of drug-likeness (QED) is 0.700. The smallest absolute Gasteiger partial charge is 0.262 e. The Hall–Kier alpha value is -2.16. The molecule has 0 saturated heterocycles. The molecular weight excluding hydrogens is 300 g/mol. The molecular formula is C11H6F4N2O2S. The third kappa shape index (κ3) is 2.57. The third-order valence-electron chi connectivity index (χ3n) is 2.29. The van der Waals surface area contributed by atoms with Crippen molar-refractivity contribution in [1.82, 2.24) is 4.98 Å². The summed E-state index contributed by atoms with van der Waals surface area (Å²) in [6.07, 6.45) is 0. The van der Waals surface area contributed by atoms with Gasteiger partial charge in [-0.3, -0.25) is 4.72 Å². The van der Waals surface area contributed by atoms with Gasteiger partial charge in [0.05, 0.1) is 4.90 Å². The van der Waals surface area contributed by atoms with Crippen LogP contribution in [0, 0.1) is 23.5 Å². The molecule has 0 radical (unpaired) electrons. The van der Waals surface area contributed by atoms with Crippen LogP contribution >= 0.6 is 0 Å². The average molecular weight is 306 g/mol. The standard InChI is InChI=1S/C11H6F4N2O2S/c12-7-9(8(13)11(15)16-10(7)14)17-20(18,19)6-4-2-1-3-5-6/h1-5H,(H,16,17). The molecule has 2 aromatic rings. The number of rotatable bonds is 3. The van der Waals surface area contributed by atoms with Gasteiger partial charge in [-0.25, -0.2) is 8.42 Å². The molecule has 0 fully saturated rings. The highest BCUT2D eigenvalue weighted by Gasteiger charge is 2.25. The van der Waals surface area contributed by atoms with Crippen molar-refractivity contribution in [2.75, 3.05) is 4.72 Å². The molecule has 1 heterocycles. The summed E-state index contributed by atoms with van der Waals surface area (Å²) in [7, 11) is -4.38. The number of nitrogens with one attached hydrogen (secondary N) is 1. The van der Waals surface area contributed by atoms with Crippen LogP contribution < -0.4 is 4.72 Å². The normalized spacial score (nSPS) is 11.4. The van der Waals surface area contributed by atoms with Gasteiger partial charge in [0, 0.05) is 0 Å². The van der Waals surface area contributed by atoms with Gasteiger partial charge in [-0.1, -0.05) is 18.2 Å². The molecule has 9 heteroatoms. The van der Waals surface area contributed by atoms with E-state index in [4.69, 9.17) is 0 Å². The van der Waals surface area contributed by atoms with Crippen LogP contribution in [0.25, 0.3) is 0 Å². The highest BCUT2D eigenvalue weighted by Crippen LogP contribution is 2.24. The van der Waals surface area contributed by atoms with E-state index >= 15 is 0 Å². The van der Waals surface area contributed by atoms with Crippen molar-refractivity contribution in [2.24, 2.45) is 0 Å². The predicted molar refractivity (Wildman–Crippen MR) is 61.3 cm³/mol. The van der Waals surface area contributed by atoms with Crippen LogP contribution in [0.2, 0.25) is 0 Å². The van der Waals surface area contributed by atoms with Gasteiger partial charge in [-0.2, -0.15) is 22.5 Å². The molecule has 2 rings (SSSR count). The lowest BCUT2D eigenvalue weighted by molar-refractivity contribution is 0.411. The van der Waals surface area contributed by atoms with Crippen LogP contribution in [-0.4, -0.2) is 13.4 Å². The van der Waals surface area contributed by atoms with Crippen molar-refractivity contribution >= 4 is 15.7 Å². The Morgan fingerprint density at radius 2 is 1.40 bits per heavy atom. The number of pyridine rings is 1. The summed E-state index contributed by atoms with van der Waals surface area (Å²) in [5.74, 6) is -7.75. The fraction of sp³-hybridized carbons (Fsp3) is 0. The van der Waals surface area contributed by atoms with Crippen LogP contribution in [0.1, 0.15) is 0 Å². The Morgan fingerprint density at radius 3 is 1.90 bits per heavy atom. The molecule has 0 atom stereocenters. The maximum atomic E-state index is 13.3. The zero-order valence-corrected chi connectivity index (χ0v) is 10.4. The molecule has 0 unspecified atom stereocenters. The summed E-state index contributed by atoms with van der Waals surface area (Å²) in [4.78, 5) is 2.00. The van der Waals surface area contributed by atoms with Gasteiger partial charge in [0.1, 0.15) is 5.69 Å². The van der Waals surface area contributed by atoms with Gasteiger partial charge in [0.25, 0.3) is 21.9 Å². The van der Waals surface area contributed by atoms with E-state index in [9.17, 15) is 26.0 Å². The molecule has 0 aliphatic carbocycles. The van der Waals surface area contributed by atoms with Gasteiger partial charge >= 0.3 is 0 Å². The van der Waals surface area contributed by atoms with Gasteiger partial charge in [0.15, 0.2) is 0 Å². The Bertz CT molecular complexity index is 725. The molecule has 106 valence electrons. The second-order valence-electron chi connectivity index (χ2n) is 3.61. The number of hydrogen-bond acceptors (Lipinski definition) is 3. The van der Waals surface area contributed by atoms with Crippen LogP contribution in [0.3, 0.4) is 0 Å². The monoisotopic (exact) mass is 306 g/mol. The molecule has 0 aliphatic rings. The minimum atomic E-state index is -4.38. The summed E-state index contributed by atoms with van der Waals surface area (Å²) in [6.45, 7) is 0. The van der Waals surface area contributed by atoms with Crippen LogP contribution in [-0.2, 0) is 10.0 Å². The number of aromatic nitrogens is 1. The van der Waals surface area contributed by atoms with E-state index in [1.165, 1.54) is 22.9 Å². The van der Waals surface area contributed by atoms with Gasteiger partial charge in [0.2, 0.25) is 11.6 Å². The van der Waals surface area contributed by atoms with Gasteiger partial charge < -0.3 is 0 Å². The van der Waals surface area contributed by atoms with E-state index < -0.39 is 39.2 Å². The molecule has 0 spiro atoms. The van der Waals surface area contributed by atoms with Crippen molar-refractivity contribution in [3.63, 3.8) is 0 Å². The van der Waals surface area contributed by atoms with Gasteiger partial charge in [-0.05, 0) is 12.1 Å². The summed E-state index contributed by atoms with van der Waals surface area (Å²) in [5.41, 5.74) is -1.46. The number of halogens is 4. The minimum absolute atomic E-state index is 0.323. The maximum Gasteiger partial charge on any atom is 0.262 e. The van der Waals surface area contributed by atoms with Crippen LogP contribution in [0.15, 0.2) is 35.2 Å². The summed E-state index contributed by atoms with van der Waals surface area (Å²) >= 11 is 0. The van der Waals surface area contributed by atoms with E-state index in [1.807, 2.05) is 0 Å². The first-order valence-corrected chi connectivity index (χ1v) is 6.59. The second-order valence-corrected chi connectivity index (χ2v) is 5.30. The minimum Gasteiger partial charge on any atom is -0.274 e. The van der Waals surface area contributed by atoms with E-state index in [1.54, 1.807) is 0 Å². The lowest BCUT2D eigenvalue weighted by atomic mass is 10.4. The molecule has 4 nitrogen and oxygen atoms in total. The largest absolute Gasteiger partial charge is 0.274 e. The van der Waals surface area contributed by atoms with E-state index in [-0.39, 0.29) is 4.90 Å². The highest BCUT2D eigenvalue weighted by atomic mass is 32.2. The van der Waals surface area contributed by atoms with E-state index in [0.717, 1.165) is 12.1 Å². The third-order valence-corrected chi connectivity index (χ3v) is 3.65. The maximum absolute atomic E-state index is 13.3. The SMILES string of the molecule is O=S(=O)(Nc1c(F)c(F)nc(F)c1F)c1ccccc1. The number of sulfonamides is 1. The fourth-order valence-corrected chi connectivity index (χ4v) is 2.45. The predicted octanol–water partition coefficient (Wildman–Crippen LogP) is 2.44. The number of anilines is 1. The van der Waals surface area contributed by atoms with Gasteiger partial charge in [-0.15, -0.1) is 0 Å². The van der Waals surface area contributed by atoms with Crippen LogP contribution in [0.4, 0.5) is 23.2 Å². The molecule has 1 N–H and O–H groups in total. The molecule has 1 aromatic carbocycles. The molecule has 20 heavy (non-hydrogen) atoms. The van der Waals surface area contributed by atoms with Crippen molar-refractivity contribution in [1.29, 1.82) is 0 Å². The zero-order valence-electron chi connectivity index (χ0n) is 9.57. The van der Waals surface area contributed by atoms with Crippen molar-refractivity contribution < 1.29 is 26.0 Å².